The van der Waals surface area contributed by atoms with Gasteiger partial charge >= 0.3 is 0 Å². The number of imidazole rings is 1. The molecule has 0 aromatic carbocycles. The van der Waals surface area contributed by atoms with Gasteiger partial charge in [-0.15, -0.1) is 0 Å². The molecular formula is C11H18N2S. The summed E-state index contributed by atoms with van der Waals surface area (Å²) in [6.45, 7) is 2.35. The Labute approximate surface area is 90.3 Å². The molecule has 0 amide bonds. The molecule has 2 nitrogen and oxygen atoms in total. The second kappa shape index (κ2) is 4.30. The van der Waals surface area contributed by atoms with Gasteiger partial charge in [-0.1, -0.05) is 26.2 Å². The lowest BCUT2D eigenvalue weighted by molar-refractivity contribution is 0.331. The summed E-state index contributed by atoms with van der Waals surface area (Å²) in [5.41, 5.74) is 0. The number of nitrogens with one attached hydrogen (secondary N) is 1. The second-order valence-corrected chi connectivity index (χ2v) is 4.74. The maximum atomic E-state index is 5.27. The minimum Gasteiger partial charge on any atom is -0.337 e. The van der Waals surface area contributed by atoms with Crippen LogP contribution in [0.3, 0.4) is 0 Å². The molecule has 1 aromatic heterocycles. The first-order valence-electron chi connectivity index (χ1n) is 5.54. The molecule has 0 spiro atoms. The highest BCUT2D eigenvalue weighted by atomic mass is 32.1. The van der Waals surface area contributed by atoms with Crippen LogP contribution in [0.1, 0.15) is 45.1 Å². The maximum absolute atomic E-state index is 5.27. The summed E-state index contributed by atoms with van der Waals surface area (Å²) in [7, 11) is 0. The highest BCUT2D eigenvalue weighted by molar-refractivity contribution is 7.71. The number of aromatic nitrogens is 2. The quantitative estimate of drug-likeness (QED) is 0.554. The average molecular weight is 210 g/mol. The van der Waals surface area contributed by atoms with Crippen molar-refractivity contribution in [1.29, 1.82) is 0 Å². The first-order valence-corrected chi connectivity index (χ1v) is 5.95. The van der Waals surface area contributed by atoms with Crippen LogP contribution < -0.4 is 0 Å². The predicted octanol–water partition coefficient (Wildman–Crippen LogP) is 3.69. The third-order valence-electron chi connectivity index (χ3n) is 3.35. The Morgan fingerprint density at radius 1 is 1.36 bits per heavy atom. The molecule has 2 unspecified atom stereocenters. The number of hydrogen-bond acceptors (Lipinski definition) is 1. The monoisotopic (exact) mass is 210 g/mol. The van der Waals surface area contributed by atoms with E-state index in [1.54, 1.807) is 0 Å². The number of H-pyrrole nitrogens is 1. The molecule has 1 fully saturated rings. The van der Waals surface area contributed by atoms with Crippen molar-refractivity contribution in [2.24, 2.45) is 5.92 Å². The van der Waals surface area contributed by atoms with Crippen LogP contribution in [-0.2, 0) is 0 Å². The van der Waals surface area contributed by atoms with Gasteiger partial charge in [-0.3, -0.25) is 0 Å². The van der Waals surface area contributed by atoms with E-state index in [2.05, 4.69) is 22.7 Å². The van der Waals surface area contributed by atoms with E-state index < -0.39 is 0 Å². The van der Waals surface area contributed by atoms with Gasteiger partial charge < -0.3 is 9.55 Å². The molecule has 2 atom stereocenters. The topological polar surface area (TPSA) is 20.7 Å². The third-order valence-corrected chi connectivity index (χ3v) is 3.68. The van der Waals surface area contributed by atoms with Crippen molar-refractivity contribution in [3.05, 3.63) is 17.2 Å². The Morgan fingerprint density at radius 2 is 2.14 bits per heavy atom. The molecule has 1 aliphatic carbocycles. The fourth-order valence-electron chi connectivity index (χ4n) is 2.48. The Balaban J connectivity index is 2.23. The number of nitrogens with zero attached hydrogens (tertiary/aromatic N) is 1. The second-order valence-electron chi connectivity index (χ2n) is 4.36. The lowest BCUT2D eigenvalue weighted by Gasteiger charge is -2.22. The first kappa shape index (κ1) is 9.97. The zero-order chi connectivity index (χ0) is 9.97. The van der Waals surface area contributed by atoms with Crippen molar-refractivity contribution >= 4 is 12.2 Å². The Kier molecular flexibility index (Phi) is 3.06. The first-order chi connectivity index (χ1) is 6.79. The van der Waals surface area contributed by atoms with Gasteiger partial charge in [0.2, 0.25) is 0 Å². The van der Waals surface area contributed by atoms with Crippen molar-refractivity contribution in [2.75, 3.05) is 0 Å². The Bertz CT molecular complexity index is 339. The van der Waals surface area contributed by atoms with Gasteiger partial charge in [-0.05, 0) is 31.0 Å². The zero-order valence-corrected chi connectivity index (χ0v) is 9.52. The van der Waals surface area contributed by atoms with Gasteiger partial charge in [-0.25, -0.2) is 0 Å². The summed E-state index contributed by atoms with van der Waals surface area (Å²) < 4.78 is 3.12. The van der Waals surface area contributed by atoms with Crippen LogP contribution in [0.25, 0.3) is 0 Å². The maximum Gasteiger partial charge on any atom is 0.177 e. The summed E-state index contributed by atoms with van der Waals surface area (Å²) in [5.74, 6) is 0.764. The summed E-state index contributed by atoms with van der Waals surface area (Å²) in [6.07, 6.45) is 10.8. The van der Waals surface area contributed by atoms with E-state index >= 15 is 0 Å². The molecule has 1 heterocycles. The van der Waals surface area contributed by atoms with Crippen LogP contribution >= 0.6 is 12.2 Å². The zero-order valence-electron chi connectivity index (χ0n) is 8.70. The van der Waals surface area contributed by atoms with Gasteiger partial charge in [0.1, 0.15) is 0 Å². The molecule has 78 valence electrons. The number of hydrogen-bond donors (Lipinski definition) is 1. The van der Waals surface area contributed by atoms with Crippen molar-refractivity contribution < 1.29 is 0 Å². The van der Waals surface area contributed by atoms with Crippen molar-refractivity contribution in [2.45, 2.75) is 45.1 Å². The van der Waals surface area contributed by atoms with Crippen LogP contribution in [0.2, 0.25) is 0 Å². The molecule has 14 heavy (non-hydrogen) atoms. The molecule has 0 bridgehead atoms. The molecule has 0 aliphatic heterocycles. The summed E-state index contributed by atoms with van der Waals surface area (Å²) in [6, 6.07) is 0.622. The molecular weight excluding hydrogens is 192 g/mol. The van der Waals surface area contributed by atoms with Gasteiger partial charge in [-0.2, -0.15) is 0 Å². The van der Waals surface area contributed by atoms with E-state index in [1.807, 2.05) is 6.20 Å². The smallest absolute Gasteiger partial charge is 0.177 e. The number of aromatic amines is 1. The summed E-state index contributed by atoms with van der Waals surface area (Å²) in [4.78, 5) is 3.08. The average Bonchev–Trinajstić information content (AvgIpc) is 2.46. The van der Waals surface area contributed by atoms with E-state index in [4.69, 9.17) is 12.2 Å². The lowest BCUT2D eigenvalue weighted by Crippen LogP contribution is -2.15. The van der Waals surface area contributed by atoms with Crippen LogP contribution in [0.4, 0.5) is 0 Å². The molecule has 0 saturated heterocycles. The van der Waals surface area contributed by atoms with E-state index in [0.29, 0.717) is 6.04 Å². The van der Waals surface area contributed by atoms with Crippen LogP contribution in [0.15, 0.2) is 12.4 Å². The minimum atomic E-state index is 0.622. The fourth-order valence-corrected chi connectivity index (χ4v) is 2.74. The van der Waals surface area contributed by atoms with Crippen molar-refractivity contribution in [3.63, 3.8) is 0 Å². The van der Waals surface area contributed by atoms with E-state index in [9.17, 15) is 0 Å². The number of rotatable bonds is 1. The molecule has 1 N–H and O–H groups in total. The third kappa shape index (κ3) is 1.92. The molecule has 3 heteroatoms. The van der Waals surface area contributed by atoms with Crippen LogP contribution in [-0.4, -0.2) is 9.55 Å². The fraction of sp³-hybridized carbons (Fsp3) is 0.727. The van der Waals surface area contributed by atoms with Crippen LogP contribution in [0.5, 0.6) is 0 Å². The van der Waals surface area contributed by atoms with Crippen LogP contribution in [0, 0.1) is 10.7 Å². The summed E-state index contributed by atoms with van der Waals surface area (Å²) >= 11 is 5.27. The van der Waals surface area contributed by atoms with Gasteiger partial charge in [0.25, 0.3) is 0 Å². The lowest BCUT2D eigenvalue weighted by atomic mass is 9.97. The Hall–Kier alpha value is -0.570. The standard InChI is InChI=1S/C11H18N2S/c1-9-5-3-2-4-6-10(9)13-8-7-12-11(13)14/h7-10H,2-6H2,1H3,(H,12,14). The van der Waals surface area contributed by atoms with Gasteiger partial charge in [0.05, 0.1) is 0 Å². The largest absolute Gasteiger partial charge is 0.337 e. The van der Waals surface area contributed by atoms with E-state index in [-0.39, 0.29) is 0 Å². The van der Waals surface area contributed by atoms with Gasteiger partial charge in [0, 0.05) is 18.4 Å². The molecule has 1 aromatic rings. The normalized spacial score (nSPS) is 28.6. The highest BCUT2D eigenvalue weighted by Gasteiger charge is 2.21. The van der Waals surface area contributed by atoms with Gasteiger partial charge in [0.15, 0.2) is 4.77 Å². The summed E-state index contributed by atoms with van der Waals surface area (Å²) in [5, 5.41) is 0. The Morgan fingerprint density at radius 3 is 2.86 bits per heavy atom. The SMILES string of the molecule is CC1CCCCCC1n1cc[nH]c1=S. The predicted molar refractivity (Wildman–Crippen MR) is 60.9 cm³/mol. The molecule has 1 saturated carbocycles. The van der Waals surface area contributed by atoms with E-state index in [0.717, 1.165) is 10.7 Å². The molecule has 1 aliphatic rings. The van der Waals surface area contributed by atoms with Crippen molar-refractivity contribution in [3.8, 4) is 0 Å². The van der Waals surface area contributed by atoms with Crippen molar-refractivity contribution in [1.82, 2.24) is 9.55 Å². The molecule has 2 rings (SSSR count). The molecule has 0 radical (unpaired) electrons. The van der Waals surface area contributed by atoms with E-state index in [1.165, 1.54) is 32.1 Å². The minimum absolute atomic E-state index is 0.622. The highest BCUT2D eigenvalue weighted by Crippen LogP contribution is 2.32.